The number of halogens is 1. The van der Waals surface area contributed by atoms with E-state index in [2.05, 4.69) is 10.4 Å². The van der Waals surface area contributed by atoms with Crippen LogP contribution in [0.5, 0.6) is 0 Å². The van der Waals surface area contributed by atoms with E-state index in [1.807, 2.05) is 0 Å². The van der Waals surface area contributed by atoms with E-state index >= 15 is 0 Å². The minimum atomic E-state index is -1.26. The first-order valence-corrected chi connectivity index (χ1v) is 8.75. The van der Waals surface area contributed by atoms with Gasteiger partial charge in [-0.2, -0.15) is 5.10 Å². The van der Waals surface area contributed by atoms with Crippen LogP contribution in [-0.4, -0.2) is 39.2 Å². The Morgan fingerprint density at radius 2 is 2.07 bits per heavy atom. The molecule has 1 aromatic heterocycles. The molecule has 1 atom stereocenters. The lowest BCUT2D eigenvalue weighted by molar-refractivity contribution is -0.146. The number of rotatable bonds is 5. The Balaban J connectivity index is 1.69. The molecule has 1 aliphatic heterocycles. The third-order valence-electron chi connectivity index (χ3n) is 4.90. The van der Waals surface area contributed by atoms with Crippen molar-refractivity contribution in [3.63, 3.8) is 0 Å². The molecule has 8 nitrogen and oxygen atoms in total. The van der Waals surface area contributed by atoms with Crippen LogP contribution in [0.25, 0.3) is 0 Å². The van der Waals surface area contributed by atoms with Crippen molar-refractivity contribution in [2.75, 3.05) is 16.8 Å². The lowest BCUT2D eigenvalue weighted by Gasteiger charge is -2.19. The number of aryl methyl sites for hydroxylation is 1. The van der Waals surface area contributed by atoms with Crippen LogP contribution in [-0.2, 0) is 19.9 Å². The number of benzene rings is 1. The SMILES string of the molecule is Cc1cc(N2CC(C(=O)Nc3cnn(C(C)(C)C(=O)O)c3)CC2=O)ccc1F. The number of hydrogen-bond acceptors (Lipinski definition) is 4. The van der Waals surface area contributed by atoms with E-state index < -0.39 is 17.4 Å². The Hall–Kier alpha value is -3.23. The summed E-state index contributed by atoms with van der Waals surface area (Å²) in [6.07, 6.45) is 2.83. The van der Waals surface area contributed by atoms with Crippen LogP contribution in [0.1, 0.15) is 25.8 Å². The lowest BCUT2D eigenvalue weighted by atomic mass is 10.1. The summed E-state index contributed by atoms with van der Waals surface area (Å²) < 4.78 is 14.7. The van der Waals surface area contributed by atoms with E-state index in [0.29, 0.717) is 16.9 Å². The number of aliphatic carboxylic acids is 1. The third kappa shape index (κ3) is 3.60. The maximum absolute atomic E-state index is 13.5. The third-order valence-corrected chi connectivity index (χ3v) is 4.90. The fourth-order valence-electron chi connectivity index (χ4n) is 2.96. The normalized spacial score (nSPS) is 17.1. The van der Waals surface area contributed by atoms with Gasteiger partial charge in [0.25, 0.3) is 0 Å². The number of carbonyl (C=O) groups is 3. The summed E-state index contributed by atoms with van der Waals surface area (Å²) in [4.78, 5) is 37.6. The molecule has 28 heavy (non-hydrogen) atoms. The Bertz CT molecular complexity index is 953. The average molecular weight is 388 g/mol. The van der Waals surface area contributed by atoms with Gasteiger partial charge in [-0.3, -0.25) is 14.3 Å². The number of carboxylic acid groups (broad SMARTS) is 1. The predicted molar refractivity (Wildman–Crippen MR) is 99.4 cm³/mol. The highest BCUT2D eigenvalue weighted by atomic mass is 19.1. The highest BCUT2D eigenvalue weighted by Gasteiger charge is 2.36. The second-order valence-corrected chi connectivity index (χ2v) is 7.37. The fraction of sp³-hybridized carbons (Fsp3) is 0.368. The number of carboxylic acids is 1. The second-order valence-electron chi connectivity index (χ2n) is 7.37. The van der Waals surface area contributed by atoms with Gasteiger partial charge in [0.2, 0.25) is 11.8 Å². The molecule has 0 saturated carbocycles. The summed E-state index contributed by atoms with van der Waals surface area (Å²) in [5.74, 6) is -2.56. The van der Waals surface area contributed by atoms with E-state index in [9.17, 15) is 23.9 Å². The lowest BCUT2D eigenvalue weighted by Crippen LogP contribution is -2.36. The topological polar surface area (TPSA) is 105 Å². The first-order chi connectivity index (χ1) is 13.1. The van der Waals surface area contributed by atoms with Crippen LogP contribution >= 0.6 is 0 Å². The van der Waals surface area contributed by atoms with Gasteiger partial charge < -0.3 is 15.3 Å². The van der Waals surface area contributed by atoms with Gasteiger partial charge in [0.15, 0.2) is 5.54 Å². The smallest absolute Gasteiger partial charge is 0.331 e. The number of anilines is 2. The summed E-state index contributed by atoms with van der Waals surface area (Å²) in [7, 11) is 0. The number of hydrogen-bond donors (Lipinski definition) is 2. The van der Waals surface area contributed by atoms with E-state index in [4.69, 9.17) is 0 Å². The van der Waals surface area contributed by atoms with Gasteiger partial charge in [0.05, 0.1) is 17.8 Å². The van der Waals surface area contributed by atoms with Crippen LogP contribution in [0.2, 0.25) is 0 Å². The molecule has 1 aliphatic rings. The Kier molecular flexibility index (Phi) is 4.93. The van der Waals surface area contributed by atoms with Gasteiger partial charge in [-0.05, 0) is 44.5 Å². The van der Waals surface area contributed by atoms with Gasteiger partial charge in [0, 0.05) is 24.8 Å². The van der Waals surface area contributed by atoms with Gasteiger partial charge in [-0.1, -0.05) is 0 Å². The largest absolute Gasteiger partial charge is 0.479 e. The van der Waals surface area contributed by atoms with Crippen molar-refractivity contribution < 1.29 is 23.9 Å². The average Bonchev–Trinajstić information content (AvgIpc) is 3.24. The van der Waals surface area contributed by atoms with E-state index in [1.165, 1.54) is 48.0 Å². The van der Waals surface area contributed by atoms with Crippen LogP contribution in [0.15, 0.2) is 30.6 Å². The maximum atomic E-state index is 13.5. The van der Waals surface area contributed by atoms with Gasteiger partial charge in [-0.25, -0.2) is 9.18 Å². The molecule has 2 aromatic rings. The van der Waals surface area contributed by atoms with Crippen molar-refractivity contribution in [3.05, 3.63) is 42.0 Å². The van der Waals surface area contributed by atoms with Crippen LogP contribution in [0.3, 0.4) is 0 Å². The summed E-state index contributed by atoms with van der Waals surface area (Å²) in [6, 6.07) is 4.38. The first kappa shape index (κ1) is 19.5. The van der Waals surface area contributed by atoms with E-state index in [1.54, 1.807) is 13.0 Å². The van der Waals surface area contributed by atoms with Crippen molar-refractivity contribution >= 4 is 29.2 Å². The first-order valence-electron chi connectivity index (χ1n) is 8.75. The van der Waals surface area contributed by atoms with Crippen molar-refractivity contribution in [2.45, 2.75) is 32.7 Å². The van der Waals surface area contributed by atoms with Crippen molar-refractivity contribution in [1.82, 2.24) is 9.78 Å². The molecule has 148 valence electrons. The molecule has 0 bridgehead atoms. The monoisotopic (exact) mass is 388 g/mol. The van der Waals surface area contributed by atoms with Crippen LogP contribution in [0.4, 0.5) is 15.8 Å². The molecule has 9 heteroatoms. The van der Waals surface area contributed by atoms with Gasteiger partial charge >= 0.3 is 5.97 Å². The standard InChI is InChI=1S/C19H21FN4O4/c1-11-6-14(4-5-15(11)20)23-9-12(7-16(23)25)17(26)22-13-8-21-24(10-13)19(2,3)18(27)28/h4-6,8,10,12H,7,9H2,1-3H3,(H,22,26)(H,27,28). The number of amides is 2. The van der Waals surface area contributed by atoms with Gasteiger partial charge in [-0.15, -0.1) is 0 Å². The molecule has 2 N–H and O–H groups in total. The maximum Gasteiger partial charge on any atom is 0.331 e. The highest BCUT2D eigenvalue weighted by Crippen LogP contribution is 2.27. The summed E-state index contributed by atoms with van der Waals surface area (Å²) in [5, 5.41) is 15.9. The Morgan fingerprint density at radius 3 is 2.71 bits per heavy atom. The molecule has 3 rings (SSSR count). The molecule has 1 fully saturated rings. The summed E-state index contributed by atoms with van der Waals surface area (Å²) in [6.45, 7) is 4.78. The van der Waals surface area contributed by atoms with Crippen LogP contribution < -0.4 is 10.2 Å². The molecule has 2 heterocycles. The summed E-state index contributed by atoms with van der Waals surface area (Å²) in [5.41, 5.74) is 0.0635. The van der Waals surface area contributed by atoms with E-state index in [0.717, 1.165) is 0 Å². The molecule has 1 unspecified atom stereocenters. The molecule has 1 saturated heterocycles. The predicted octanol–water partition coefficient (Wildman–Crippen LogP) is 2.14. The Morgan fingerprint density at radius 1 is 1.36 bits per heavy atom. The minimum Gasteiger partial charge on any atom is -0.479 e. The number of nitrogens with zero attached hydrogens (tertiary/aromatic N) is 3. The molecular formula is C19H21FN4O4. The molecular weight excluding hydrogens is 367 g/mol. The molecule has 1 aromatic carbocycles. The van der Waals surface area contributed by atoms with Crippen molar-refractivity contribution in [2.24, 2.45) is 5.92 Å². The quantitative estimate of drug-likeness (QED) is 0.817. The highest BCUT2D eigenvalue weighted by molar-refractivity contribution is 6.03. The number of carbonyl (C=O) groups excluding carboxylic acids is 2. The van der Waals surface area contributed by atoms with Crippen molar-refractivity contribution in [1.29, 1.82) is 0 Å². The molecule has 0 aliphatic carbocycles. The zero-order valence-electron chi connectivity index (χ0n) is 15.8. The number of aromatic nitrogens is 2. The van der Waals surface area contributed by atoms with E-state index in [-0.39, 0.29) is 30.6 Å². The zero-order chi connectivity index (χ0) is 20.6. The second kappa shape index (κ2) is 7.06. The molecule has 0 radical (unpaired) electrons. The van der Waals surface area contributed by atoms with Crippen molar-refractivity contribution in [3.8, 4) is 0 Å². The minimum absolute atomic E-state index is 0.0387. The molecule has 0 spiro atoms. The molecule has 2 amide bonds. The van der Waals surface area contributed by atoms with Crippen LogP contribution in [0, 0.1) is 18.7 Å². The summed E-state index contributed by atoms with van der Waals surface area (Å²) >= 11 is 0. The number of nitrogens with one attached hydrogen (secondary N) is 1. The fourth-order valence-corrected chi connectivity index (χ4v) is 2.96. The Labute approximate surface area is 160 Å². The van der Waals surface area contributed by atoms with Gasteiger partial charge in [0.1, 0.15) is 5.82 Å². The zero-order valence-corrected chi connectivity index (χ0v) is 15.8.